The van der Waals surface area contributed by atoms with E-state index >= 15 is 0 Å². The van der Waals surface area contributed by atoms with Gasteiger partial charge < -0.3 is 20.0 Å². The molecule has 0 aromatic rings. The third-order valence-corrected chi connectivity index (χ3v) is 3.86. The number of carboxylic acids is 1. The van der Waals surface area contributed by atoms with E-state index in [1.807, 2.05) is 0 Å². The lowest BCUT2D eigenvalue weighted by Crippen LogP contribution is -2.48. The molecule has 2 atom stereocenters. The number of β-amino-alcohol motifs (C(OH)–C–C–N with tert-alkyl or cyclic N) is 1. The average Bonchev–Trinajstić information content (AvgIpc) is 2.84. The van der Waals surface area contributed by atoms with Crippen LogP contribution in [-0.4, -0.2) is 68.9 Å². The molecule has 7 heteroatoms. The van der Waals surface area contributed by atoms with Crippen LogP contribution in [0.5, 0.6) is 0 Å². The second-order valence-corrected chi connectivity index (χ2v) is 4.99. The number of nitrogens with zero attached hydrogens (tertiary/aromatic N) is 2. The van der Waals surface area contributed by atoms with Gasteiger partial charge >= 0.3 is 12.0 Å². The molecule has 90 valence electrons. The van der Waals surface area contributed by atoms with Crippen molar-refractivity contribution in [3.8, 4) is 0 Å². The number of carbonyl (C=O) groups excluding carboxylic acids is 1. The zero-order chi connectivity index (χ0) is 11.7. The summed E-state index contributed by atoms with van der Waals surface area (Å²) in [5.41, 5.74) is 0. The topological polar surface area (TPSA) is 81.1 Å². The molecular formula is C9H14N2O4S. The van der Waals surface area contributed by atoms with Crippen molar-refractivity contribution in [2.75, 3.05) is 24.7 Å². The molecule has 2 fully saturated rings. The molecule has 0 aromatic carbocycles. The zero-order valence-electron chi connectivity index (χ0n) is 8.70. The second kappa shape index (κ2) is 4.50. The highest BCUT2D eigenvalue weighted by atomic mass is 32.2. The van der Waals surface area contributed by atoms with Gasteiger partial charge in [-0.2, -0.15) is 0 Å². The van der Waals surface area contributed by atoms with Gasteiger partial charge in [0.05, 0.1) is 12.0 Å². The second-order valence-electron chi connectivity index (χ2n) is 3.99. The summed E-state index contributed by atoms with van der Waals surface area (Å²) in [7, 11) is 0. The number of thioether (sulfide) groups is 1. The Morgan fingerprint density at radius 1 is 1.38 bits per heavy atom. The Balaban J connectivity index is 2.01. The normalized spacial score (nSPS) is 29.8. The molecule has 6 nitrogen and oxygen atoms in total. The maximum Gasteiger partial charge on any atom is 0.327 e. The number of carboxylic acid groups (broad SMARTS) is 1. The van der Waals surface area contributed by atoms with Crippen LogP contribution in [0.15, 0.2) is 0 Å². The quantitative estimate of drug-likeness (QED) is 0.660. The first-order chi connectivity index (χ1) is 7.59. The van der Waals surface area contributed by atoms with Gasteiger partial charge in [0.1, 0.15) is 6.04 Å². The van der Waals surface area contributed by atoms with Crippen LogP contribution in [0.4, 0.5) is 4.79 Å². The van der Waals surface area contributed by atoms with Gasteiger partial charge in [0.15, 0.2) is 0 Å². The van der Waals surface area contributed by atoms with E-state index in [9.17, 15) is 14.7 Å². The number of aliphatic hydroxyl groups is 1. The lowest BCUT2D eigenvalue weighted by molar-refractivity contribution is -0.140. The third-order valence-electron chi connectivity index (χ3n) is 2.85. The van der Waals surface area contributed by atoms with Gasteiger partial charge in [-0.15, -0.1) is 11.8 Å². The van der Waals surface area contributed by atoms with Crippen LogP contribution >= 0.6 is 11.8 Å². The molecule has 2 aliphatic rings. The molecule has 16 heavy (non-hydrogen) atoms. The fourth-order valence-electron chi connectivity index (χ4n) is 1.93. The molecule has 2 heterocycles. The fourth-order valence-corrected chi connectivity index (χ4v) is 3.07. The Morgan fingerprint density at radius 3 is 2.69 bits per heavy atom. The van der Waals surface area contributed by atoms with Gasteiger partial charge in [0.25, 0.3) is 0 Å². The fraction of sp³-hybridized carbons (Fsp3) is 0.778. The Morgan fingerprint density at radius 2 is 2.12 bits per heavy atom. The van der Waals surface area contributed by atoms with Crippen LogP contribution < -0.4 is 0 Å². The first-order valence-corrected chi connectivity index (χ1v) is 6.29. The predicted molar refractivity (Wildman–Crippen MR) is 58.2 cm³/mol. The highest BCUT2D eigenvalue weighted by Gasteiger charge is 2.38. The number of hydrogen-bond donors (Lipinski definition) is 2. The molecule has 2 unspecified atom stereocenters. The molecule has 2 rings (SSSR count). The van der Waals surface area contributed by atoms with E-state index in [-0.39, 0.29) is 6.03 Å². The first kappa shape index (κ1) is 11.5. The summed E-state index contributed by atoms with van der Waals surface area (Å²) in [6.45, 7) is 0.819. The van der Waals surface area contributed by atoms with E-state index in [1.165, 1.54) is 21.6 Å². The SMILES string of the molecule is O=C(O)C1CSCN1C(=O)N1CCC(O)C1. The average molecular weight is 246 g/mol. The molecule has 0 aromatic heterocycles. The molecule has 2 amide bonds. The van der Waals surface area contributed by atoms with E-state index in [0.29, 0.717) is 31.1 Å². The molecule has 0 radical (unpaired) electrons. The molecule has 0 saturated carbocycles. The summed E-state index contributed by atoms with van der Waals surface area (Å²) in [5.74, 6) is -0.0991. The van der Waals surface area contributed by atoms with Gasteiger partial charge in [-0.25, -0.2) is 9.59 Å². The molecule has 0 spiro atoms. The van der Waals surface area contributed by atoms with Crippen molar-refractivity contribution in [1.82, 2.24) is 9.80 Å². The number of urea groups is 1. The summed E-state index contributed by atoms with van der Waals surface area (Å²) >= 11 is 1.44. The van der Waals surface area contributed by atoms with Crippen LogP contribution in [0.3, 0.4) is 0 Å². The lowest BCUT2D eigenvalue weighted by Gasteiger charge is -2.26. The minimum Gasteiger partial charge on any atom is -0.480 e. The molecule has 0 aliphatic carbocycles. The minimum atomic E-state index is -0.960. The van der Waals surface area contributed by atoms with Crippen molar-refractivity contribution < 1.29 is 19.8 Å². The smallest absolute Gasteiger partial charge is 0.327 e. The van der Waals surface area contributed by atoms with Gasteiger partial charge in [-0.05, 0) is 6.42 Å². The molecule has 0 bridgehead atoms. The van der Waals surface area contributed by atoms with E-state index in [2.05, 4.69) is 0 Å². The largest absolute Gasteiger partial charge is 0.480 e. The Kier molecular flexibility index (Phi) is 3.25. The summed E-state index contributed by atoms with van der Waals surface area (Å²) in [4.78, 5) is 25.8. The number of hydrogen-bond acceptors (Lipinski definition) is 4. The molecular weight excluding hydrogens is 232 g/mol. The number of likely N-dealkylation sites (tertiary alicyclic amines) is 1. The maximum absolute atomic E-state index is 12.0. The van der Waals surface area contributed by atoms with Crippen LogP contribution in [-0.2, 0) is 4.79 Å². The number of carbonyl (C=O) groups is 2. The number of aliphatic hydroxyl groups excluding tert-OH is 1. The van der Waals surface area contributed by atoms with Crippen LogP contribution in [0.1, 0.15) is 6.42 Å². The van der Waals surface area contributed by atoms with Crippen molar-refractivity contribution in [3.05, 3.63) is 0 Å². The summed E-state index contributed by atoms with van der Waals surface area (Å²) in [6, 6.07) is -0.996. The Labute approximate surface area is 97.2 Å². The molecule has 2 N–H and O–H groups in total. The van der Waals surface area contributed by atoms with Crippen molar-refractivity contribution >= 4 is 23.8 Å². The lowest BCUT2D eigenvalue weighted by atomic mass is 10.3. The molecule has 2 saturated heterocycles. The number of rotatable bonds is 1. The highest BCUT2D eigenvalue weighted by Crippen LogP contribution is 2.23. The van der Waals surface area contributed by atoms with Gasteiger partial charge in [-0.1, -0.05) is 0 Å². The van der Waals surface area contributed by atoms with Crippen molar-refractivity contribution in [3.63, 3.8) is 0 Å². The van der Waals surface area contributed by atoms with E-state index < -0.39 is 18.1 Å². The Bertz CT molecular complexity index is 312. The van der Waals surface area contributed by atoms with E-state index in [1.54, 1.807) is 0 Å². The third kappa shape index (κ3) is 2.10. The van der Waals surface area contributed by atoms with Crippen molar-refractivity contribution in [1.29, 1.82) is 0 Å². The van der Waals surface area contributed by atoms with Gasteiger partial charge in [-0.3, -0.25) is 0 Å². The first-order valence-electron chi connectivity index (χ1n) is 5.13. The van der Waals surface area contributed by atoms with Crippen LogP contribution in [0, 0.1) is 0 Å². The monoisotopic (exact) mass is 246 g/mol. The van der Waals surface area contributed by atoms with E-state index in [4.69, 9.17) is 5.11 Å². The Hall–Kier alpha value is -0.950. The van der Waals surface area contributed by atoms with E-state index in [0.717, 1.165) is 0 Å². The highest BCUT2D eigenvalue weighted by molar-refractivity contribution is 7.99. The molecule has 2 aliphatic heterocycles. The minimum absolute atomic E-state index is 0.269. The maximum atomic E-state index is 12.0. The number of aliphatic carboxylic acids is 1. The summed E-state index contributed by atoms with van der Waals surface area (Å²) < 4.78 is 0. The van der Waals surface area contributed by atoms with Gasteiger partial charge in [0, 0.05) is 18.8 Å². The summed E-state index contributed by atoms with van der Waals surface area (Å²) in [6.07, 6.45) is 0.104. The standard InChI is InChI=1S/C9H14N2O4S/c12-6-1-2-10(3-6)9(15)11-5-16-4-7(11)8(13)14/h6-7,12H,1-5H2,(H,13,14). The van der Waals surface area contributed by atoms with Crippen LogP contribution in [0.25, 0.3) is 0 Å². The van der Waals surface area contributed by atoms with Crippen molar-refractivity contribution in [2.45, 2.75) is 18.6 Å². The van der Waals surface area contributed by atoms with Gasteiger partial charge in [0.2, 0.25) is 0 Å². The number of amides is 2. The van der Waals surface area contributed by atoms with Crippen molar-refractivity contribution in [2.24, 2.45) is 0 Å². The summed E-state index contributed by atoms with van der Waals surface area (Å²) in [5, 5.41) is 18.3. The van der Waals surface area contributed by atoms with Crippen LogP contribution in [0.2, 0.25) is 0 Å². The predicted octanol–water partition coefficient (Wildman–Crippen LogP) is -0.368. The zero-order valence-corrected chi connectivity index (χ0v) is 9.52.